The minimum Gasteiger partial charge on any atom is -0.345 e. The van der Waals surface area contributed by atoms with E-state index in [4.69, 9.17) is 0 Å². The Bertz CT molecular complexity index is 1160. The number of H-pyrrole nitrogens is 1. The van der Waals surface area contributed by atoms with Crippen molar-refractivity contribution < 1.29 is 22.0 Å². The van der Waals surface area contributed by atoms with E-state index in [9.17, 15) is 22.0 Å². The second kappa shape index (κ2) is 6.71. The Labute approximate surface area is 154 Å². The van der Waals surface area contributed by atoms with E-state index in [1.807, 2.05) is 4.72 Å². The first-order valence-electron chi connectivity index (χ1n) is 7.78. The molecule has 0 aliphatic carbocycles. The van der Waals surface area contributed by atoms with Crippen molar-refractivity contribution in [3.63, 3.8) is 0 Å². The standard InChI is InChI=1S/C17H16F2N4O3S/c1-9-6-10-11(8-21-17(10)20-7-9)16(24)14-12(18)4-5-13(15(14)19)22-27(25,26)23(2)3/h4-8,22H,1-3H3,(H,20,21). The van der Waals surface area contributed by atoms with Gasteiger partial charge in [-0.2, -0.15) is 12.7 Å². The third-order valence-electron chi connectivity index (χ3n) is 3.95. The number of ketones is 1. The summed E-state index contributed by atoms with van der Waals surface area (Å²) < 4.78 is 55.7. The largest absolute Gasteiger partial charge is 0.345 e. The van der Waals surface area contributed by atoms with Gasteiger partial charge in [0.05, 0.1) is 11.3 Å². The third-order valence-corrected chi connectivity index (χ3v) is 5.39. The van der Waals surface area contributed by atoms with Gasteiger partial charge in [-0.25, -0.2) is 13.8 Å². The van der Waals surface area contributed by atoms with E-state index in [0.717, 1.165) is 22.0 Å². The molecular formula is C17H16F2N4O3S. The molecule has 0 saturated heterocycles. The summed E-state index contributed by atoms with van der Waals surface area (Å²) in [4.78, 5) is 19.7. The highest BCUT2D eigenvalue weighted by Crippen LogP contribution is 2.27. The fraction of sp³-hybridized carbons (Fsp3) is 0.176. The van der Waals surface area contributed by atoms with Crippen molar-refractivity contribution in [2.45, 2.75) is 6.92 Å². The van der Waals surface area contributed by atoms with Crippen LogP contribution in [-0.4, -0.2) is 42.6 Å². The molecule has 3 rings (SSSR count). The summed E-state index contributed by atoms with van der Waals surface area (Å²) in [5.74, 6) is -3.31. The van der Waals surface area contributed by atoms with Crippen molar-refractivity contribution in [3.05, 3.63) is 58.9 Å². The van der Waals surface area contributed by atoms with Crippen LogP contribution in [-0.2, 0) is 10.2 Å². The molecule has 7 nitrogen and oxygen atoms in total. The number of nitrogens with one attached hydrogen (secondary N) is 2. The van der Waals surface area contributed by atoms with Crippen molar-refractivity contribution in [1.29, 1.82) is 0 Å². The maximum atomic E-state index is 14.8. The molecule has 3 aromatic rings. The average molecular weight is 394 g/mol. The van der Waals surface area contributed by atoms with Crippen LogP contribution in [0.5, 0.6) is 0 Å². The monoisotopic (exact) mass is 394 g/mol. The normalized spacial score (nSPS) is 11.9. The Hall–Kier alpha value is -2.85. The van der Waals surface area contributed by atoms with Gasteiger partial charge in [0.1, 0.15) is 11.5 Å². The second-order valence-corrected chi connectivity index (χ2v) is 8.00. The van der Waals surface area contributed by atoms with Crippen LogP contribution in [0.25, 0.3) is 11.0 Å². The van der Waals surface area contributed by atoms with Crippen LogP contribution in [0.1, 0.15) is 21.5 Å². The van der Waals surface area contributed by atoms with Gasteiger partial charge in [0, 0.05) is 37.4 Å². The lowest BCUT2D eigenvalue weighted by molar-refractivity contribution is 0.103. The van der Waals surface area contributed by atoms with E-state index in [2.05, 4.69) is 9.97 Å². The lowest BCUT2D eigenvalue weighted by Gasteiger charge is -2.15. The van der Waals surface area contributed by atoms with Crippen LogP contribution in [0.15, 0.2) is 30.6 Å². The van der Waals surface area contributed by atoms with Gasteiger partial charge in [-0.3, -0.25) is 9.52 Å². The number of carbonyl (C=O) groups excluding carboxylic acids is 1. The van der Waals surface area contributed by atoms with Crippen LogP contribution in [0, 0.1) is 18.6 Å². The Balaban J connectivity index is 2.12. The van der Waals surface area contributed by atoms with Gasteiger partial charge in [0.15, 0.2) is 5.82 Å². The molecule has 27 heavy (non-hydrogen) atoms. The highest BCUT2D eigenvalue weighted by molar-refractivity contribution is 7.90. The second-order valence-electron chi connectivity index (χ2n) is 6.11. The molecule has 0 atom stereocenters. The number of hydrogen-bond donors (Lipinski definition) is 2. The molecule has 2 N–H and O–H groups in total. The Morgan fingerprint density at radius 1 is 1.26 bits per heavy atom. The van der Waals surface area contributed by atoms with E-state index < -0.39 is 38.9 Å². The van der Waals surface area contributed by atoms with Gasteiger partial charge >= 0.3 is 10.2 Å². The molecule has 2 aromatic heterocycles. The minimum atomic E-state index is -4.03. The molecule has 0 fully saturated rings. The topological polar surface area (TPSA) is 95.2 Å². The Kier molecular flexibility index (Phi) is 4.70. The van der Waals surface area contributed by atoms with E-state index in [-0.39, 0.29) is 5.56 Å². The molecule has 142 valence electrons. The summed E-state index contributed by atoms with van der Waals surface area (Å²) in [6.07, 6.45) is 2.90. The zero-order valence-corrected chi connectivity index (χ0v) is 15.5. The molecule has 0 bridgehead atoms. The molecule has 1 aromatic carbocycles. The number of hydrogen-bond acceptors (Lipinski definition) is 4. The van der Waals surface area contributed by atoms with Gasteiger partial charge in [-0.1, -0.05) is 0 Å². The van der Waals surface area contributed by atoms with Crippen molar-refractivity contribution >= 4 is 32.7 Å². The number of nitrogens with zero attached hydrogens (tertiary/aromatic N) is 2. The zero-order valence-electron chi connectivity index (χ0n) is 14.7. The van der Waals surface area contributed by atoms with Gasteiger partial charge in [-0.05, 0) is 30.7 Å². The Morgan fingerprint density at radius 3 is 2.63 bits per heavy atom. The molecule has 0 aliphatic heterocycles. The quantitative estimate of drug-likeness (QED) is 0.651. The minimum absolute atomic E-state index is 0.0339. The van der Waals surface area contributed by atoms with Crippen molar-refractivity contribution in [2.24, 2.45) is 0 Å². The smallest absolute Gasteiger partial charge is 0.301 e. The number of pyridine rings is 1. The van der Waals surface area contributed by atoms with Gasteiger partial charge in [0.2, 0.25) is 5.78 Å². The molecule has 0 aliphatic rings. The van der Waals surface area contributed by atoms with Gasteiger partial charge in [-0.15, -0.1) is 0 Å². The number of anilines is 1. The molecule has 0 radical (unpaired) electrons. The van der Waals surface area contributed by atoms with E-state index in [0.29, 0.717) is 11.0 Å². The number of carbonyl (C=O) groups is 1. The van der Waals surface area contributed by atoms with Crippen LogP contribution >= 0.6 is 0 Å². The summed E-state index contributed by atoms with van der Waals surface area (Å²) in [6.45, 7) is 1.77. The number of halogens is 2. The summed E-state index contributed by atoms with van der Waals surface area (Å²) in [6, 6.07) is 3.42. The van der Waals surface area contributed by atoms with Crippen molar-refractivity contribution in [1.82, 2.24) is 14.3 Å². The van der Waals surface area contributed by atoms with Crippen LogP contribution in [0.4, 0.5) is 14.5 Å². The number of fused-ring (bicyclic) bond motifs is 1. The first kappa shape index (κ1) is 18.9. The predicted octanol–water partition coefficient (Wildman–Crippen LogP) is 2.60. The highest BCUT2D eigenvalue weighted by atomic mass is 32.2. The zero-order chi connectivity index (χ0) is 19.9. The van der Waals surface area contributed by atoms with E-state index in [1.54, 1.807) is 19.2 Å². The molecule has 0 unspecified atom stereocenters. The van der Waals surface area contributed by atoms with Gasteiger partial charge in [0.25, 0.3) is 0 Å². The first-order chi connectivity index (χ1) is 12.6. The lowest BCUT2D eigenvalue weighted by atomic mass is 10.0. The summed E-state index contributed by atoms with van der Waals surface area (Å²) >= 11 is 0. The number of aromatic nitrogens is 2. The molecule has 2 heterocycles. The van der Waals surface area contributed by atoms with Crippen LogP contribution in [0.2, 0.25) is 0 Å². The molecular weight excluding hydrogens is 378 g/mol. The highest BCUT2D eigenvalue weighted by Gasteiger charge is 2.26. The fourth-order valence-corrected chi connectivity index (χ4v) is 3.12. The van der Waals surface area contributed by atoms with Crippen LogP contribution < -0.4 is 4.72 Å². The van der Waals surface area contributed by atoms with E-state index >= 15 is 0 Å². The molecule has 0 amide bonds. The predicted molar refractivity (Wildman–Crippen MR) is 96.9 cm³/mol. The average Bonchev–Trinajstić information content (AvgIpc) is 3.00. The Morgan fingerprint density at radius 2 is 1.96 bits per heavy atom. The fourth-order valence-electron chi connectivity index (χ4n) is 2.50. The van der Waals surface area contributed by atoms with Crippen LogP contribution in [0.3, 0.4) is 0 Å². The lowest BCUT2D eigenvalue weighted by Crippen LogP contribution is -2.29. The maximum absolute atomic E-state index is 14.8. The summed E-state index contributed by atoms with van der Waals surface area (Å²) in [5.41, 5.74) is -0.176. The third kappa shape index (κ3) is 3.40. The number of rotatable bonds is 5. The molecule has 0 saturated carbocycles. The van der Waals surface area contributed by atoms with Crippen molar-refractivity contribution in [2.75, 3.05) is 18.8 Å². The van der Waals surface area contributed by atoms with Gasteiger partial charge < -0.3 is 4.98 Å². The van der Waals surface area contributed by atoms with E-state index in [1.165, 1.54) is 20.3 Å². The number of aryl methyl sites for hydroxylation is 1. The molecule has 0 spiro atoms. The molecule has 10 heteroatoms. The SMILES string of the molecule is Cc1cnc2[nH]cc(C(=O)c3c(F)ccc(NS(=O)(=O)N(C)C)c3F)c2c1. The first-order valence-corrected chi connectivity index (χ1v) is 9.22. The maximum Gasteiger partial charge on any atom is 0.301 e. The number of benzene rings is 1. The number of aromatic amines is 1. The summed E-state index contributed by atoms with van der Waals surface area (Å²) in [7, 11) is -1.54. The summed E-state index contributed by atoms with van der Waals surface area (Å²) in [5, 5.41) is 0.415. The van der Waals surface area contributed by atoms with Crippen molar-refractivity contribution in [3.8, 4) is 0 Å².